The molecule has 0 radical (unpaired) electrons. The maximum Gasteiger partial charge on any atom is 0.387 e. The van der Waals surface area contributed by atoms with Crippen molar-refractivity contribution in [2.75, 3.05) is 39.3 Å². The number of rotatable bonds is 6. The molecule has 26 heavy (non-hydrogen) atoms. The summed E-state index contributed by atoms with van der Waals surface area (Å²) in [6, 6.07) is 4.22. The third-order valence-electron chi connectivity index (χ3n) is 4.78. The van der Waals surface area contributed by atoms with Gasteiger partial charge in [-0.2, -0.15) is 8.78 Å². The maximum absolute atomic E-state index is 12.6. The van der Waals surface area contributed by atoms with Gasteiger partial charge in [0.05, 0.1) is 4.92 Å². The largest absolute Gasteiger partial charge is 0.434 e. The van der Waals surface area contributed by atoms with Gasteiger partial charge in [0.25, 0.3) is 5.69 Å². The van der Waals surface area contributed by atoms with Crippen LogP contribution in [0.4, 0.5) is 14.5 Å². The van der Waals surface area contributed by atoms with E-state index in [9.17, 15) is 18.9 Å². The second kappa shape index (κ2) is 9.40. The molecular formula is C16H23ClF2N4O3. The Labute approximate surface area is 156 Å². The molecule has 10 heteroatoms. The van der Waals surface area contributed by atoms with Crippen LogP contribution in [-0.2, 0) is 6.54 Å². The van der Waals surface area contributed by atoms with Crippen molar-refractivity contribution in [3.63, 3.8) is 0 Å². The van der Waals surface area contributed by atoms with Gasteiger partial charge < -0.3 is 10.1 Å². The maximum atomic E-state index is 12.6. The third kappa shape index (κ3) is 5.23. The van der Waals surface area contributed by atoms with Crippen LogP contribution in [0, 0.1) is 10.1 Å². The number of benzene rings is 1. The summed E-state index contributed by atoms with van der Waals surface area (Å²) in [5.74, 6) is 0.00576. The van der Waals surface area contributed by atoms with Gasteiger partial charge in [-0.3, -0.25) is 19.9 Å². The lowest BCUT2D eigenvalue weighted by molar-refractivity contribution is -0.385. The summed E-state index contributed by atoms with van der Waals surface area (Å²) in [4.78, 5) is 15.0. The van der Waals surface area contributed by atoms with Crippen LogP contribution in [0.25, 0.3) is 0 Å². The van der Waals surface area contributed by atoms with Gasteiger partial charge in [0.1, 0.15) is 5.75 Å². The van der Waals surface area contributed by atoms with Crippen LogP contribution in [0.1, 0.15) is 12.0 Å². The second-order valence-electron chi connectivity index (χ2n) is 6.39. The van der Waals surface area contributed by atoms with Crippen LogP contribution in [0.5, 0.6) is 5.75 Å². The fraction of sp³-hybridized carbons (Fsp3) is 0.625. The number of piperazine rings is 1. The Morgan fingerprint density at radius 2 is 2.04 bits per heavy atom. The molecule has 0 spiro atoms. The number of halogens is 3. The molecule has 0 aliphatic carbocycles. The molecule has 146 valence electrons. The molecule has 2 heterocycles. The van der Waals surface area contributed by atoms with Gasteiger partial charge in [0.15, 0.2) is 0 Å². The topological polar surface area (TPSA) is 70.9 Å². The zero-order valence-corrected chi connectivity index (χ0v) is 15.1. The van der Waals surface area contributed by atoms with E-state index in [1.165, 1.54) is 18.2 Å². The van der Waals surface area contributed by atoms with Gasteiger partial charge >= 0.3 is 6.61 Å². The predicted octanol–water partition coefficient (Wildman–Crippen LogP) is 2.10. The lowest BCUT2D eigenvalue weighted by Gasteiger charge is -2.32. The average molecular weight is 393 g/mol. The molecule has 1 unspecified atom stereocenters. The first-order chi connectivity index (χ1) is 12.0. The molecule has 1 N–H and O–H groups in total. The highest BCUT2D eigenvalue weighted by Crippen LogP contribution is 2.28. The van der Waals surface area contributed by atoms with Crippen LogP contribution < -0.4 is 10.1 Å². The smallest absolute Gasteiger partial charge is 0.387 e. The first-order valence-corrected chi connectivity index (χ1v) is 8.42. The van der Waals surface area contributed by atoms with Crippen molar-refractivity contribution in [2.24, 2.45) is 0 Å². The number of likely N-dealkylation sites (tertiary alicyclic amines) is 1. The molecule has 0 aromatic heterocycles. The summed E-state index contributed by atoms with van der Waals surface area (Å²) in [5, 5.41) is 14.3. The van der Waals surface area contributed by atoms with Crippen molar-refractivity contribution in [3.05, 3.63) is 33.9 Å². The molecule has 2 fully saturated rings. The molecule has 0 amide bonds. The van der Waals surface area contributed by atoms with Gasteiger partial charge in [-0.1, -0.05) is 0 Å². The highest BCUT2D eigenvalue weighted by atomic mass is 35.5. The number of alkyl halides is 2. The molecule has 2 saturated heterocycles. The molecule has 1 aromatic carbocycles. The van der Waals surface area contributed by atoms with E-state index in [1.54, 1.807) is 0 Å². The number of nitrogens with one attached hydrogen (secondary N) is 1. The zero-order valence-electron chi connectivity index (χ0n) is 14.3. The number of hydrogen-bond donors (Lipinski definition) is 1. The van der Waals surface area contributed by atoms with Crippen molar-refractivity contribution in [1.82, 2.24) is 15.1 Å². The van der Waals surface area contributed by atoms with Gasteiger partial charge in [0.2, 0.25) is 0 Å². The number of nitrogens with zero attached hydrogens (tertiary/aromatic N) is 3. The van der Waals surface area contributed by atoms with Crippen molar-refractivity contribution >= 4 is 18.1 Å². The van der Waals surface area contributed by atoms with E-state index < -0.39 is 11.5 Å². The molecule has 7 nitrogen and oxygen atoms in total. The minimum atomic E-state index is -2.95. The summed E-state index contributed by atoms with van der Waals surface area (Å²) in [6.45, 7) is 3.06. The highest BCUT2D eigenvalue weighted by Gasteiger charge is 2.29. The van der Waals surface area contributed by atoms with E-state index in [-0.39, 0.29) is 23.8 Å². The minimum Gasteiger partial charge on any atom is -0.434 e. The predicted molar refractivity (Wildman–Crippen MR) is 95.1 cm³/mol. The van der Waals surface area contributed by atoms with Crippen molar-refractivity contribution < 1.29 is 18.4 Å². The summed E-state index contributed by atoms with van der Waals surface area (Å²) in [5.41, 5.74) is 0.310. The number of ether oxygens (including phenoxy) is 1. The number of hydrogen-bond acceptors (Lipinski definition) is 6. The Kier molecular flexibility index (Phi) is 7.51. The number of non-ortho nitro benzene ring substituents is 1. The monoisotopic (exact) mass is 392 g/mol. The first kappa shape index (κ1) is 20.8. The Hall–Kier alpha value is -1.55. The summed E-state index contributed by atoms with van der Waals surface area (Å²) in [7, 11) is 0. The average Bonchev–Trinajstić information content (AvgIpc) is 3.05. The standard InChI is InChI=1S/C16H22F2N4O3.ClH/c17-16(18)25-15-2-1-13(22(23)24)9-12(15)10-20-6-3-14(11-20)21-7-4-19-5-8-21;/h1-2,9,14,16,19H,3-8,10-11H2;1H. The fourth-order valence-corrected chi connectivity index (χ4v) is 3.56. The summed E-state index contributed by atoms with van der Waals surface area (Å²) in [6.07, 6.45) is 1.01. The lowest BCUT2D eigenvalue weighted by Crippen LogP contribution is -2.49. The third-order valence-corrected chi connectivity index (χ3v) is 4.78. The van der Waals surface area contributed by atoms with E-state index in [2.05, 4.69) is 19.9 Å². The highest BCUT2D eigenvalue weighted by molar-refractivity contribution is 5.85. The molecular weight excluding hydrogens is 370 g/mol. The minimum absolute atomic E-state index is 0. The van der Waals surface area contributed by atoms with Crippen LogP contribution >= 0.6 is 12.4 Å². The van der Waals surface area contributed by atoms with Gasteiger partial charge in [-0.05, 0) is 12.5 Å². The fourth-order valence-electron chi connectivity index (χ4n) is 3.56. The van der Waals surface area contributed by atoms with E-state index in [1.807, 2.05) is 0 Å². The van der Waals surface area contributed by atoms with Gasteiger partial charge in [0, 0.05) is 69.6 Å². The molecule has 1 atom stereocenters. The SMILES string of the molecule is Cl.O=[N+]([O-])c1ccc(OC(F)F)c(CN2CCC(N3CCNCC3)C2)c1. The Bertz CT molecular complexity index is 617. The summed E-state index contributed by atoms with van der Waals surface area (Å²) >= 11 is 0. The van der Waals surface area contributed by atoms with E-state index in [0.29, 0.717) is 18.2 Å². The van der Waals surface area contributed by atoms with E-state index in [0.717, 1.165) is 45.7 Å². The number of nitro groups is 1. The molecule has 0 saturated carbocycles. The molecule has 0 bridgehead atoms. The van der Waals surface area contributed by atoms with Crippen molar-refractivity contribution in [3.8, 4) is 5.75 Å². The Morgan fingerprint density at radius 3 is 2.69 bits per heavy atom. The number of nitro benzene ring substituents is 1. The van der Waals surface area contributed by atoms with Gasteiger partial charge in [-0.25, -0.2) is 0 Å². The normalized spacial score (nSPS) is 21.6. The van der Waals surface area contributed by atoms with Crippen LogP contribution in [-0.4, -0.2) is 66.6 Å². The Morgan fingerprint density at radius 1 is 1.31 bits per heavy atom. The van der Waals surface area contributed by atoms with Crippen molar-refractivity contribution in [1.29, 1.82) is 0 Å². The quantitative estimate of drug-likeness (QED) is 0.590. The first-order valence-electron chi connectivity index (χ1n) is 8.42. The second-order valence-corrected chi connectivity index (χ2v) is 6.39. The van der Waals surface area contributed by atoms with Gasteiger partial charge in [-0.15, -0.1) is 12.4 Å². The molecule has 2 aliphatic heterocycles. The summed E-state index contributed by atoms with van der Waals surface area (Å²) < 4.78 is 29.7. The molecule has 2 aliphatic rings. The van der Waals surface area contributed by atoms with Crippen LogP contribution in [0.2, 0.25) is 0 Å². The van der Waals surface area contributed by atoms with E-state index in [4.69, 9.17) is 0 Å². The van der Waals surface area contributed by atoms with Crippen LogP contribution in [0.3, 0.4) is 0 Å². The lowest BCUT2D eigenvalue weighted by atomic mass is 10.1. The van der Waals surface area contributed by atoms with Crippen LogP contribution in [0.15, 0.2) is 18.2 Å². The van der Waals surface area contributed by atoms with E-state index >= 15 is 0 Å². The molecule has 1 aromatic rings. The molecule has 3 rings (SSSR count). The van der Waals surface area contributed by atoms with Crippen molar-refractivity contribution in [2.45, 2.75) is 25.6 Å². The Balaban J connectivity index is 0.00000243. The zero-order chi connectivity index (χ0) is 17.8.